The lowest BCUT2D eigenvalue weighted by Crippen LogP contribution is -2.22. The predicted octanol–water partition coefficient (Wildman–Crippen LogP) is 3.21. The summed E-state index contributed by atoms with van der Waals surface area (Å²) in [5.74, 6) is 0.681. The van der Waals surface area contributed by atoms with Crippen molar-refractivity contribution in [3.8, 4) is 5.75 Å². The predicted molar refractivity (Wildman–Crippen MR) is 88.6 cm³/mol. The molecule has 1 atom stereocenters. The van der Waals surface area contributed by atoms with Crippen LogP contribution in [0.25, 0.3) is 0 Å². The van der Waals surface area contributed by atoms with E-state index >= 15 is 0 Å². The van der Waals surface area contributed by atoms with Crippen LogP contribution in [0.4, 0.5) is 5.69 Å². The number of aliphatic hydroxyl groups is 1. The van der Waals surface area contributed by atoms with Gasteiger partial charge in [-0.15, -0.1) is 0 Å². The number of rotatable bonds is 9. The smallest absolute Gasteiger partial charge is 0.142 e. The molecule has 1 aromatic rings. The molecule has 0 radical (unpaired) electrons. The van der Waals surface area contributed by atoms with E-state index in [-0.39, 0.29) is 6.10 Å². The molecule has 0 aliphatic heterocycles. The van der Waals surface area contributed by atoms with Gasteiger partial charge in [-0.25, -0.2) is 0 Å². The van der Waals surface area contributed by atoms with E-state index in [4.69, 9.17) is 10.5 Å². The third-order valence-corrected chi connectivity index (χ3v) is 3.46. The van der Waals surface area contributed by atoms with Gasteiger partial charge in [-0.1, -0.05) is 19.4 Å². The molecule has 0 bridgehead atoms. The molecule has 0 amide bonds. The molecule has 0 aromatic heterocycles. The number of hydrogen-bond donors (Lipinski definition) is 2. The monoisotopic (exact) mass is 294 g/mol. The van der Waals surface area contributed by atoms with Crippen molar-refractivity contribution in [1.82, 2.24) is 4.90 Å². The van der Waals surface area contributed by atoms with Crippen molar-refractivity contribution in [2.45, 2.75) is 52.2 Å². The Morgan fingerprint density at radius 1 is 1.29 bits per heavy atom. The minimum Gasteiger partial charge on any atom is -0.489 e. The van der Waals surface area contributed by atoms with Gasteiger partial charge in [-0.3, -0.25) is 0 Å². The first-order valence-corrected chi connectivity index (χ1v) is 7.86. The number of benzene rings is 1. The first kappa shape index (κ1) is 17.8. The Hall–Kier alpha value is -1.26. The van der Waals surface area contributed by atoms with Crippen molar-refractivity contribution in [3.63, 3.8) is 0 Å². The Morgan fingerprint density at radius 3 is 2.57 bits per heavy atom. The summed E-state index contributed by atoms with van der Waals surface area (Å²) in [4.78, 5) is 2.26. The summed E-state index contributed by atoms with van der Waals surface area (Å²) in [5, 5.41) is 10.3. The van der Waals surface area contributed by atoms with Gasteiger partial charge in [0, 0.05) is 6.54 Å². The Kier molecular flexibility index (Phi) is 7.54. The van der Waals surface area contributed by atoms with Crippen molar-refractivity contribution in [2.75, 3.05) is 25.9 Å². The fraction of sp³-hybridized carbons (Fsp3) is 0.647. The van der Waals surface area contributed by atoms with Gasteiger partial charge in [0.15, 0.2) is 0 Å². The summed E-state index contributed by atoms with van der Waals surface area (Å²) in [7, 11) is 2.09. The van der Waals surface area contributed by atoms with Crippen LogP contribution < -0.4 is 10.5 Å². The Labute approximate surface area is 128 Å². The highest BCUT2D eigenvalue weighted by Crippen LogP contribution is 2.27. The van der Waals surface area contributed by atoms with Crippen LogP contribution in [0.15, 0.2) is 18.2 Å². The molecule has 1 aromatic carbocycles. The van der Waals surface area contributed by atoms with Crippen molar-refractivity contribution in [1.29, 1.82) is 0 Å². The van der Waals surface area contributed by atoms with Crippen molar-refractivity contribution in [2.24, 2.45) is 0 Å². The molecular weight excluding hydrogens is 264 g/mol. The number of unbranched alkanes of at least 4 members (excludes halogenated alkanes) is 1. The molecule has 3 N–H and O–H groups in total. The largest absolute Gasteiger partial charge is 0.489 e. The number of hydrogen-bond acceptors (Lipinski definition) is 4. The van der Waals surface area contributed by atoms with E-state index in [0.29, 0.717) is 17.9 Å². The van der Waals surface area contributed by atoms with Crippen LogP contribution >= 0.6 is 0 Å². The standard InChI is InChI=1S/C17H30N2O2/c1-5-6-10-19(4)11-9-16(20)14-7-8-17(15(18)12-14)21-13(2)3/h7-8,12-13,16,20H,5-6,9-11,18H2,1-4H3. The first-order valence-electron chi connectivity index (χ1n) is 7.86. The summed E-state index contributed by atoms with van der Waals surface area (Å²) < 4.78 is 5.61. The molecule has 120 valence electrons. The highest BCUT2D eigenvalue weighted by molar-refractivity contribution is 5.54. The van der Waals surface area contributed by atoms with Gasteiger partial charge in [-0.2, -0.15) is 0 Å². The second kappa shape index (κ2) is 8.90. The lowest BCUT2D eigenvalue weighted by Gasteiger charge is -2.19. The maximum Gasteiger partial charge on any atom is 0.142 e. The SMILES string of the molecule is CCCCN(C)CCC(O)c1ccc(OC(C)C)c(N)c1. The van der Waals surface area contributed by atoms with Crippen LogP contribution in [-0.2, 0) is 0 Å². The topological polar surface area (TPSA) is 58.7 Å². The quantitative estimate of drug-likeness (QED) is 0.687. The van der Waals surface area contributed by atoms with E-state index in [0.717, 1.165) is 18.7 Å². The van der Waals surface area contributed by atoms with E-state index in [2.05, 4.69) is 18.9 Å². The first-order chi connectivity index (χ1) is 9.93. The molecule has 4 nitrogen and oxygen atoms in total. The molecule has 0 aliphatic carbocycles. The zero-order chi connectivity index (χ0) is 15.8. The van der Waals surface area contributed by atoms with Crippen LogP contribution in [0.1, 0.15) is 51.7 Å². The summed E-state index contributed by atoms with van der Waals surface area (Å²) in [5.41, 5.74) is 7.42. The molecule has 1 rings (SSSR count). The van der Waals surface area contributed by atoms with Gasteiger partial charge < -0.3 is 20.5 Å². The molecule has 21 heavy (non-hydrogen) atoms. The van der Waals surface area contributed by atoms with E-state index in [1.54, 1.807) is 0 Å². The lowest BCUT2D eigenvalue weighted by molar-refractivity contribution is 0.148. The van der Waals surface area contributed by atoms with E-state index < -0.39 is 6.10 Å². The number of nitrogens with two attached hydrogens (primary N) is 1. The van der Waals surface area contributed by atoms with Crippen molar-refractivity contribution < 1.29 is 9.84 Å². The lowest BCUT2D eigenvalue weighted by atomic mass is 10.1. The molecule has 4 heteroatoms. The fourth-order valence-electron chi connectivity index (χ4n) is 2.18. The molecule has 0 saturated carbocycles. The molecule has 0 heterocycles. The van der Waals surface area contributed by atoms with Crippen LogP contribution in [0, 0.1) is 0 Å². The average molecular weight is 294 g/mol. The van der Waals surface area contributed by atoms with Gasteiger partial charge >= 0.3 is 0 Å². The summed E-state index contributed by atoms with van der Waals surface area (Å²) in [6.45, 7) is 8.08. The van der Waals surface area contributed by atoms with Gasteiger partial charge in [0.1, 0.15) is 5.75 Å². The minimum atomic E-state index is -0.482. The van der Waals surface area contributed by atoms with Crippen molar-refractivity contribution >= 4 is 5.69 Å². The van der Waals surface area contributed by atoms with Gasteiger partial charge in [0.05, 0.1) is 17.9 Å². The van der Waals surface area contributed by atoms with Gasteiger partial charge in [0.25, 0.3) is 0 Å². The number of nitrogen functional groups attached to an aromatic ring is 1. The van der Waals surface area contributed by atoms with Gasteiger partial charge in [0.2, 0.25) is 0 Å². The van der Waals surface area contributed by atoms with Gasteiger partial charge in [-0.05, 0) is 58.0 Å². The molecular formula is C17H30N2O2. The van der Waals surface area contributed by atoms with Crippen LogP contribution in [0.3, 0.4) is 0 Å². The molecule has 1 unspecified atom stereocenters. The number of anilines is 1. The zero-order valence-electron chi connectivity index (χ0n) is 13.8. The summed E-state index contributed by atoms with van der Waals surface area (Å²) in [6.07, 6.45) is 2.71. The Balaban J connectivity index is 2.54. The molecule has 0 spiro atoms. The number of aliphatic hydroxyl groups excluding tert-OH is 1. The maximum atomic E-state index is 10.3. The molecule has 0 fully saturated rings. The van der Waals surface area contributed by atoms with Crippen LogP contribution in [-0.4, -0.2) is 36.2 Å². The molecule has 0 saturated heterocycles. The second-order valence-electron chi connectivity index (χ2n) is 5.93. The fourth-order valence-corrected chi connectivity index (χ4v) is 2.18. The maximum absolute atomic E-state index is 10.3. The number of nitrogens with zero attached hydrogens (tertiary/aromatic N) is 1. The summed E-state index contributed by atoms with van der Waals surface area (Å²) >= 11 is 0. The molecule has 0 aliphatic rings. The number of ether oxygens (including phenoxy) is 1. The Morgan fingerprint density at radius 2 is 2.00 bits per heavy atom. The van der Waals surface area contributed by atoms with Crippen molar-refractivity contribution in [3.05, 3.63) is 23.8 Å². The van der Waals surface area contributed by atoms with E-state index in [1.807, 2.05) is 32.0 Å². The second-order valence-corrected chi connectivity index (χ2v) is 5.93. The third kappa shape index (κ3) is 6.36. The van der Waals surface area contributed by atoms with Crippen LogP contribution in [0.2, 0.25) is 0 Å². The van der Waals surface area contributed by atoms with Crippen LogP contribution in [0.5, 0.6) is 5.75 Å². The third-order valence-electron chi connectivity index (χ3n) is 3.46. The summed E-state index contributed by atoms with van der Waals surface area (Å²) in [6, 6.07) is 5.55. The van der Waals surface area contributed by atoms with E-state index in [1.165, 1.54) is 12.8 Å². The Bertz CT molecular complexity index is 421. The van der Waals surface area contributed by atoms with E-state index in [9.17, 15) is 5.11 Å². The normalized spacial score (nSPS) is 12.9. The minimum absolute atomic E-state index is 0.0929. The highest BCUT2D eigenvalue weighted by atomic mass is 16.5. The zero-order valence-corrected chi connectivity index (χ0v) is 13.8. The average Bonchev–Trinajstić information content (AvgIpc) is 2.44. The highest BCUT2D eigenvalue weighted by Gasteiger charge is 2.12.